The number of fused-ring (bicyclic) bond motifs is 1. The van der Waals surface area contributed by atoms with Gasteiger partial charge in [0.1, 0.15) is 5.82 Å². The molecule has 10 heteroatoms. The molecular weight excluding hydrogens is 472 g/mol. The van der Waals surface area contributed by atoms with Gasteiger partial charge in [-0.25, -0.2) is 15.0 Å². The maximum Gasteiger partial charge on any atom is 0.161 e. The Balaban J connectivity index is 1.33. The number of rotatable bonds is 9. The highest BCUT2D eigenvalue weighted by Gasteiger charge is 2.26. The van der Waals surface area contributed by atoms with Gasteiger partial charge in [0.05, 0.1) is 5.69 Å². The predicted molar refractivity (Wildman–Crippen MR) is 147 cm³/mol. The average molecular weight is 513 g/mol. The maximum absolute atomic E-state index is 10.3. The fourth-order valence-corrected chi connectivity index (χ4v) is 5.71. The Morgan fingerprint density at radius 1 is 1.00 bits per heavy atom. The second kappa shape index (κ2) is 12.1. The van der Waals surface area contributed by atoms with E-state index in [4.69, 9.17) is 9.97 Å². The Bertz CT molecular complexity index is 992. The zero-order valence-corrected chi connectivity index (χ0v) is 22.5. The Morgan fingerprint density at radius 3 is 2.47 bits per heavy atom. The Hall–Kier alpha value is -1.95. The molecule has 36 heavy (non-hydrogen) atoms. The lowest BCUT2D eigenvalue weighted by atomic mass is 10.1. The molecule has 2 aromatic rings. The van der Waals surface area contributed by atoms with Gasteiger partial charge >= 0.3 is 0 Å². The van der Waals surface area contributed by atoms with Crippen molar-refractivity contribution in [2.45, 2.75) is 32.2 Å². The molecule has 0 saturated carbocycles. The number of hydrogen-bond donors (Lipinski definition) is 2. The quantitative estimate of drug-likeness (QED) is 0.298. The number of hydrazine groups is 1. The number of likely N-dealkylation sites (tertiary alicyclic amines) is 1. The van der Waals surface area contributed by atoms with Crippen molar-refractivity contribution in [1.82, 2.24) is 29.4 Å². The standard InChI is InChI=1S/C26H40N8OS/c1-30-16-18-32(19-17-30)22-8-6-21(7-9-22)25-28-24-10-15-33(34(35)36-2)20-23(24)26(29-25)27-11-5-14-31-12-3-4-13-31/h6-9,35H,3-5,10-20H2,1-2H3,(H,27,28,29). The minimum atomic E-state index is 0.601. The predicted octanol–water partition coefficient (Wildman–Crippen LogP) is 3.04. The minimum absolute atomic E-state index is 0.601. The first-order valence-electron chi connectivity index (χ1n) is 13.3. The van der Waals surface area contributed by atoms with Gasteiger partial charge in [-0.2, -0.15) is 0 Å². The lowest BCUT2D eigenvalue weighted by Gasteiger charge is -2.34. The molecule has 2 N–H and O–H groups in total. The second-order valence-electron chi connectivity index (χ2n) is 10.1. The summed E-state index contributed by atoms with van der Waals surface area (Å²) in [4.78, 5) is 17.4. The summed E-state index contributed by atoms with van der Waals surface area (Å²) < 4.78 is 1.23. The summed E-state index contributed by atoms with van der Waals surface area (Å²) in [5.74, 6) is 1.68. The zero-order valence-electron chi connectivity index (χ0n) is 21.7. The number of nitrogens with one attached hydrogen (secondary N) is 1. The van der Waals surface area contributed by atoms with Crippen LogP contribution in [0, 0.1) is 0 Å². The van der Waals surface area contributed by atoms with Crippen LogP contribution in [0.1, 0.15) is 30.5 Å². The van der Waals surface area contributed by atoms with Gasteiger partial charge in [-0.05, 0) is 82.2 Å². The molecule has 5 rings (SSSR count). The zero-order chi connectivity index (χ0) is 24.9. The Labute approximate surface area is 219 Å². The molecule has 196 valence electrons. The molecule has 0 atom stereocenters. The highest BCUT2D eigenvalue weighted by molar-refractivity contribution is 7.96. The van der Waals surface area contributed by atoms with E-state index in [0.29, 0.717) is 6.54 Å². The number of likely N-dealkylation sites (N-methyl/N-ethyl adjacent to an activating group) is 1. The van der Waals surface area contributed by atoms with Crippen molar-refractivity contribution in [3.63, 3.8) is 0 Å². The normalized spacial score (nSPS) is 19.7. The van der Waals surface area contributed by atoms with Crippen LogP contribution in [0.25, 0.3) is 11.4 Å². The summed E-state index contributed by atoms with van der Waals surface area (Å²) in [5, 5.41) is 15.8. The van der Waals surface area contributed by atoms with Gasteiger partial charge in [0, 0.05) is 75.3 Å². The monoisotopic (exact) mass is 512 g/mol. The average Bonchev–Trinajstić information content (AvgIpc) is 3.44. The van der Waals surface area contributed by atoms with Gasteiger partial charge in [-0.3, -0.25) is 5.21 Å². The van der Waals surface area contributed by atoms with Gasteiger partial charge in [-0.15, -0.1) is 0 Å². The van der Waals surface area contributed by atoms with Crippen molar-refractivity contribution < 1.29 is 5.21 Å². The first kappa shape index (κ1) is 25.7. The van der Waals surface area contributed by atoms with Crippen LogP contribution in [0.3, 0.4) is 0 Å². The van der Waals surface area contributed by atoms with E-state index in [1.165, 1.54) is 48.1 Å². The van der Waals surface area contributed by atoms with E-state index < -0.39 is 0 Å². The number of nitrogens with zero attached hydrogens (tertiary/aromatic N) is 7. The SMILES string of the molecule is CSN(O)N1CCc2nc(-c3ccc(N4CCN(C)CC4)cc3)nc(NCCCN3CCCC3)c2C1. The summed E-state index contributed by atoms with van der Waals surface area (Å²) >= 11 is 1.30. The third kappa shape index (κ3) is 6.12. The lowest BCUT2D eigenvalue weighted by Crippen LogP contribution is -2.44. The Morgan fingerprint density at radius 2 is 1.75 bits per heavy atom. The number of hydrogen-bond acceptors (Lipinski definition) is 10. The van der Waals surface area contributed by atoms with Crippen LogP contribution in [0.5, 0.6) is 0 Å². The largest absolute Gasteiger partial charge is 0.370 e. The molecule has 0 spiro atoms. The summed E-state index contributed by atoms with van der Waals surface area (Å²) in [6.45, 7) is 10.1. The molecular formula is C26H40N8OS. The highest BCUT2D eigenvalue weighted by Crippen LogP contribution is 2.30. The number of aromatic nitrogens is 2. The van der Waals surface area contributed by atoms with E-state index in [0.717, 1.165) is 87.1 Å². The van der Waals surface area contributed by atoms with Crippen molar-refractivity contribution in [3.8, 4) is 11.4 Å². The molecule has 0 amide bonds. The van der Waals surface area contributed by atoms with Crippen molar-refractivity contribution in [2.24, 2.45) is 0 Å². The molecule has 1 aromatic carbocycles. The van der Waals surface area contributed by atoms with Crippen LogP contribution in [-0.4, -0.2) is 107 Å². The first-order chi connectivity index (χ1) is 17.6. The van der Waals surface area contributed by atoms with Gasteiger partial charge in [0.15, 0.2) is 5.82 Å². The molecule has 2 fully saturated rings. The first-order valence-corrected chi connectivity index (χ1v) is 14.5. The maximum atomic E-state index is 10.3. The van der Waals surface area contributed by atoms with Gasteiger partial charge in [-0.1, -0.05) is 4.58 Å². The lowest BCUT2D eigenvalue weighted by molar-refractivity contribution is -0.164. The highest BCUT2D eigenvalue weighted by atomic mass is 32.2. The molecule has 2 saturated heterocycles. The van der Waals surface area contributed by atoms with E-state index >= 15 is 0 Å². The molecule has 0 aliphatic carbocycles. The summed E-state index contributed by atoms with van der Waals surface area (Å²) in [6.07, 6.45) is 6.40. The fourth-order valence-electron chi connectivity index (χ4n) is 5.34. The molecule has 9 nitrogen and oxygen atoms in total. The van der Waals surface area contributed by atoms with E-state index in [2.05, 4.69) is 51.3 Å². The van der Waals surface area contributed by atoms with E-state index in [1.807, 2.05) is 11.3 Å². The second-order valence-corrected chi connectivity index (χ2v) is 10.8. The van der Waals surface area contributed by atoms with Crippen molar-refractivity contribution in [3.05, 3.63) is 35.5 Å². The van der Waals surface area contributed by atoms with Crippen LogP contribution in [0.15, 0.2) is 24.3 Å². The van der Waals surface area contributed by atoms with E-state index in [9.17, 15) is 5.21 Å². The third-order valence-electron chi connectivity index (χ3n) is 7.58. The molecule has 0 radical (unpaired) electrons. The molecule has 3 aliphatic rings. The minimum Gasteiger partial charge on any atom is -0.370 e. The Kier molecular flexibility index (Phi) is 8.61. The molecule has 4 heterocycles. The third-order valence-corrected chi connectivity index (χ3v) is 8.14. The van der Waals surface area contributed by atoms with Crippen molar-refractivity contribution in [1.29, 1.82) is 0 Å². The smallest absolute Gasteiger partial charge is 0.161 e. The van der Waals surface area contributed by atoms with Crippen LogP contribution >= 0.6 is 11.9 Å². The number of anilines is 2. The van der Waals surface area contributed by atoms with Gasteiger partial charge < -0.3 is 20.0 Å². The van der Waals surface area contributed by atoms with Crippen molar-refractivity contribution >= 4 is 23.5 Å². The van der Waals surface area contributed by atoms with Crippen LogP contribution < -0.4 is 10.2 Å². The van der Waals surface area contributed by atoms with Crippen molar-refractivity contribution in [2.75, 3.05) is 82.4 Å². The molecule has 3 aliphatic heterocycles. The van der Waals surface area contributed by atoms with Crippen LogP contribution in [0.2, 0.25) is 0 Å². The van der Waals surface area contributed by atoms with Crippen LogP contribution in [0.4, 0.5) is 11.5 Å². The van der Waals surface area contributed by atoms with E-state index in [1.54, 1.807) is 0 Å². The summed E-state index contributed by atoms with van der Waals surface area (Å²) in [5.41, 5.74) is 4.48. The molecule has 0 unspecified atom stereocenters. The fraction of sp³-hybridized carbons (Fsp3) is 0.615. The van der Waals surface area contributed by atoms with Crippen LogP contribution in [-0.2, 0) is 13.0 Å². The topological polar surface area (TPSA) is 74.2 Å². The van der Waals surface area contributed by atoms with Gasteiger partial charge in [0.25, 0.3) is 0 Å². The van der Waals surface area contributed by atoms with Gasteiger partial charge in [0.2, 0.25) is 0 Å². The van der Waals surface area contributed by atoms with E-state index in [-0.39, 0.29) is 0 Å². The molecule has 0 bridgehead atoms. The number of piperazine rings is 1. The molecule has 1 aromatic heterocycles. The summed E-state index contributed by atoms with van der Waals surface area (Å²) in [7, 11) is 2.18. The summed E-state index contributed by atoms with van der Waals surface area (Å²) in [6, 6.07) is 8.72. The number of benzene rings is 1.